The molecule has 1 heterocycles. The van der Waals surface area contributed by atoms with Gasteiger partial charge in [0.1, 0.15) is 11.6 Å². The number of hydrogen-bond acceptors (Lipinski definition) is 4. The third-order valence-corrected chi connectivity index (χ3v) is 4.49. The van der Waals surface area contributed by atoms with Crippen molar-refractivity contribution in [3.63, 3.8) is 0 Å². The van der Waals surface area contributed by atoms with E-state index in [9.17, 15) is 9.18 Å². The molecule has 5 nitrogen and oxygen atoms in total. The summed E-state index contributed by atoms with van der Waals surface area (Å²) < 4.78 is 18.7. The second-order valence-electron chi connectivity index (χ2n) is 6.89. The molecule has 0 aliphatic carbocycles. The topological polar surface area (TPSA) is 44.8 Å². The van der Waals surface area contributed by atoms with E-state index in [0.29, 0.717) is 13.1 Å². The molecule has 144 valence electrons. The summed E-state index contributed by atoms with van der Waals surface area (Å²) in [6.45, 7) is 7.07. The van der Waals surface area contributed by atoms with E-state index < -0.39 is 0 Å². The van der Waals surface area contributed by atoms with Gasteiger partial charge >= 0.3 is 0 Å². The molecule has 0 bridgehead atoms. The van der Waals surface area contributed by atoms with Crippen molar-refractivity contribution in [2.75, 3.05) is 42.9 Å². The van der Waals surface area contributed by atoms with Crippen molar-refractivity contribution < 1.29 is 13.9 Å². The molecule has 27 heavy (non-hydrogen) atoms. The minimum absolute atomic E-state index is 0.0799. The lowest BCUT2D eigenvalue weighted by Gasteiger charge is -2.36. The Bertz CT molecular complexity index is 739. The second kappa shape index (κ2) is 8.75. The molecule has 6 heteroatoms. The fraction of sp³-hybridized carbons (Fsp3) is 0.381. The summed E-state index contributed by atoms with van der Waals surface area (Å²) >= 11 is 0. The molecule has 0 atom stereocenters. The molecule has 0 radical (unpaired) electrons. The van der Waals surface area contributed by atoms with Gasteiger partial charge < -0.3 is 19.9 Å². The predicted molar refractivity (Wildman–Crippen MR) is 106 cm³/mol. The van der Waals surface area contributed by atoms with Crippen LogP contribution in [0.3, 0.4) is 0 Å². The molecule has 1 aliphatic heterocycles. The molecule has 2 aromatic carbocycles. The van der Waals surface area contributed by atoms with Gasteiger partial charge in [0.2, 0.25) is 5.91 Å². The van der Waals surface area contributed by atoms with Crippen LogP contribution in [0, 0.1) is 5.82 Å². The summed E-state index contributed by atoms with van der Waals surface area (Å²) in [6.07, 6.45) is 0.138. The summed E-state index contributed by atoms with van der Waals surface area (Å²) in [5.74, 6) is 0.664. The molecule has 0 aromatic heterocycles. The van der Waals surface area contributed by atoms with Crippen molar-refractivity contribution in [3.05, 3.63) is 54.3 Å². The van der Waals surface area contributed by atoms with Gasteiger partial charge in [0.05, 0.1) is 12.6 Å². The number of anilines is 2. The van der Waals surface area contributed by atoms with Crippen LogP contribution in [-0.4, -0.2) is 49.6 Å². The number of benzene rings is 2. The molecule has 1 saturated heterocycles. The van der Waals surface area contributed by atoms with E-state index in [1.54, 1.807) is 12.1 Å². The van der Waals surface area contributed by atoms with Crippen molar-refractivity contribution in [1.29, 1.82) is 0 Å². The SMILES string of the molecule is CC(C)Oc1ccc(NCC(=O)N2CCN(c3ccc(F)cc3)CC2)cc1. The first-order valence-corrected chi connectivity index (χ1v) is 9.30. The monoisotopic (exact) mass is 371 g/mol. The summed E-state index contributed by atoms with van der Waals surface area (Å²) in [7, 11) is 0. The number of carbonyl (C=O) groups is 1. The Labute approximate surface area is 159 Å². The number of piperazine rings is 1. The van der Waals surface area contributed by atoms with Crippen molar-refractivity contribution in [3.8, 4) is 5.75 Å². The highest BCUT2D eigenvalue weighted by Crippen LogP contribution is 2.18. The molecule has 2 aromatic rings. The van der Waals surface area contributed by atoms with E-state index in [-0.39, 0.29) is 24.4 Å². The molecule has 0 spiro atoms. The highest BCUT2D eigenvalue weighted by atomic mass is 19.1. The zero-order valence-electron chi connectivity index (χ0n) is 15.8. The quantitative estimate of drug-likeness (QED) is 0.846. The van der Waals surface area contributed by atoms with Crippen LogP contribution in [0.4, 0.5) is 15.8 Å². The molecule has 0 saturated carbocycles. The highest BCUT2D eigenvalue weighted by molar-refractivity contribution is 5.81. The van der Waals surface area contributed by atoms with Gasteiger partial charge in [-0.15, -0.1) is 0 Å². The maximum absolute atomic E-state index is 13.0. The molecule has 1 fully saturated rings. The zero-order chi connectivity index (χ0) is 19.2. The van der Waals surface area contributed by atoms with Crippen LogP contribution < -0.4 is 15.0 Å². The van der Waals surface area contributed by atoms with Crippen molar-refractivity contribution in [1.82, 2.24) is 4.90 Å². The molecule has 1 amide bonds. The number of rotatable bonds is 6. The number of ether oxygens (including phenoxy) is 1. The molecule has 0 unspecified atom stereocenters. The molecular formula is C21H26FN3O2. The lowest BCUT2D eigenvalue weighted by molar-refractivity contribution is -0.129. The van der Waals surface area contributed by atoms with E-state index in [4.69, 9.17) is 4.74 Å². The zero-order valence-corrected chi connectivity index (χ0v) is 15.8. The first-order valence-electron chi connectivity index (χ1n) is 9.30. The van der Waals surface area contributed by atoms with Gasteiger partial charge in [-0.05, 0) is 62.4 Å². The number of carbonyl (C=O) groups excluding carboxylic acids is 1. The maximum atomic E-state index is 13.0. The standard InChI is InChI=1S/C21H26FN3O2/c1-16(2)27-20-9-5-18(6-10-20)23-15-21(26)25-13-11-24(12-14-25)19-7-3-17(22)4-8-19/h3-10,16,23H,11-15H2,1-2H3. The van der Waals surface area contributed by atoms with Gasteiger partial charge in [0.15, 0.2) is 0 Å². The van der Waals surface area contributed by atoms with Crippen molar-refractivity contribution >= 4 is 17.3 Å². The Hall–Kier alpha value is -2.76. The Balaban J connectivity index is 1.45. The summed E-state index contributed by atoms with van der Waals surface area (Å²) in [5, 5.41) is 3.17. The Kier molecular flexibility index (Phi) is 6.16. The van der Waals surface area contributed by atoms with Gasteiger partial charge in [-0.3, -0.25) is 4.79 Å². The minimum Gasteiger partial charge on any atom is -0.491 e. The van der Waals surface area contributed by atoms with E-state index in [2.05, 4.69) is 10.2 Å². The van der Waals surface area contributed by atoms with Crippen LogP contribution in [-0.2, 0) is 4.79 Å². The Morgan fingerprint density at radius 1 is 1.04 bits per heavy atom. The van der Waals surface area contributed by atoms with Crippen LogP contribution >= 0.6 is 0 Å². The third-order valence-electron chi connectivity index (χ3n) is 4.49. The number of amides is 1. The number of nitrogens with zero attached hydrogens (tertiary/aromatic N) is 2. The minimum atomic E-state index is -0.234. The number of halogens is 1. The normalized spacial score (nSPS) is 14.4. The molecule has 1 aliphatic rings. The van der Waals surface area contributed by atoms with Crippen LogP contribution in [0.5, 0.6) is 5.75 Å². The van der Waals surface area contributed by atoms with E-state index in [1.165, 1.54) is 12.1 Å². The maximum Gasteiger partial charge on any atom is 0.241 e. The average molecular weight is 371 g/mol. The molecular weight excluding hydrogens is 345 g/mol. The smallest absolute Gasteiger partial charge is 0.241 e. The average Bonchev–Trinajstić information content (AvgIpc) is 2.67. The lowest BCUT2D eigenvalue weighted by atomic mass is 10.2. The number of hydrogen-bond donors (Lipinski definition) is 1. The first-order chi connectivity index (χ1) is 13.0. The largest absolute Gasteiger partial charge is 0.491 e. The predicted octanol–water partition coefficient (Wildman–Crippen LogP) is 3.37. The van der Waals surface area contributed by atoms with Gasteiger partial charge in [-0.2, -0.15) is 0 Å². The second-order valence-corrected chi connectivity index (χ2v) is 6.89. The lowest BCUT2D eigenvalue weighted by Crippen LogP contribution is -2.50. The third kappa shape index (κ3) is 5.36. The summed E-state index contributed by atoms with van der Waals surface area (Å²) in [6, 6.07) is 14.1. The van der Waals surface area contributed by atoms with Gasteiger partial charge in [0, 0.05) is 37.6 Å². The van der Waals surface area contributed by atoms with E-state index in [1.807, 2.05) is 43.0 Å². The summed E-state index contributed by atoms with van der Waals surface area (Å²) in [5.41, 5.74) is 1.88. The van der Waals surface area contributed by atoms with Crippen LogP contribution in [0.1, 0.15) is 13.8 Å². The van der Waals surface area contributed by atoms with E-state index in [0.717, 1.165) is 30.2 Å². The highest BCUT2D eigenvalue weighted by Gasteiger charge is 2.21. The fourth-order valence-corrected chi connectivity index (χ4v) is 3.08. The van der Waals surface area contributed by atoms with Crippen molar-refractivity contribution in [2.24, 2.45) is 0 Å². The summed E-state index contributed by atoms with van der Waals surface area (Å²) in [4.78, 5) is 16.5. The van der Waals surface area contributed by atoms with Gasteiger partial charge in [-0.1, -0.05) is 0 Å². The van der Waals surface area contributed by atoms with Gasteiger partial charge in [-0.25, -0.2) is 4.39 Å². The Morgan fingerprint density at radius 3 is 2.26 bits per heavy atom. The number of nitrogens with one attached hydrogen (secondary N) is 1. The van der Waals surface area contributed by atoms with Crippen LogP contribution in [0.2, 0.25) is 0 Å². The van der Waals surface area contributed by atoms with Crippen molar-refractivity contribution in [2.45, 2.75) is 20.0 Å². The van der Waals surface area contributed by atoms with Crippen LogP contribution in [0.25, 0.3) is 0 Å². The molecule has 1 N–H and O–H groups in total. The van der Waals surface area contributed by atoms with E-state index >= 15 is 0 Å². The van der Waals surface area contributed by atoms with Crippen LogP contribution in [0.15, 0.2) is 48.5 Å². The Morgan fingerprint density at radius 2 is 1.67 bits per heavy atom. The first kappa shape index (κ1) is 19.0. The fourth-order valence-electron chi connectivity index (χ4n) is 3.08. The molecule has 3 rings (SSSR count). The van der Waals surface area contributed by atoms with Gasteiger partial charge in [0.25, 0.3) is 0 Å².